The van der Waals surface area contributed by atoms with E-state index in [1.807, 2.05) is 13.8 Å². The lowest BCUT2D eigenvalue weighted by Crippen LogP contribution is -2.22. The van der Waals surface area contributed by atoms with E-state index in [1.54, 1.807) is 0 Å². The highest BCUT2D eigenvalue weighted by atomic mass is 16.5. The number of aryl methyl sites for hydroxylation is 2. The van der Waals surface area contributed by atoms with E-state index in [9.17, 15) is 0 Å². The summed E-state index contributed by atoms with van der Waals surface area (Å²) in [6.07, 6.45) is 8.95. The number of nitrogens with one attached hydrogen (secondary N) is 1. The molecule has 1 aliphatic heterocycles. The Morgan fingerprint density at radius 3 is 2.85 bits per heavy atom. The fourth-order valence-electron chi connectivity index (χ4n) is 2.55. The van der Waals surface area contributed by atoms with Crippen molar-refractivity contribution in [2.75, 3.05) is 18.5 Å². The van der Waals surface area contributed by atoms with Crippen LogP contribution in [0.4, 0.5) is 5.82 Å². The Hall–Kier alpha value is -1.09. The summed E-state index contributed by atoms with van der Waals surface area (Å²) in [6, 6.07) is 4.41. The van der Waals surface area contributed by atoms with Gasteiger partial charge in [0.25, 0.3) is 0 Å². The van der Waals surface area contributed by atoms with Gasteiger partial charge >= 0.3 is 0 Å². The Morgan fingerprint density at radius 1 is 1.25 bits per heavy atom. The van der Waals surface area contributed by atoms with Crippen LogP contribution in [0, 0.1) is 0 Å². The third-order valence-corrected chi connectivity index (χ3v) is 3.93. The molecule has 0 bridgehead atoms. The van der Waals surface area contributed by atoms with Gasteiger partial charge in [0.2, 0.25) is 0 Å². The third-order valence-electron chi connectivity index (χ3n) is 3.93. The van der Waals surface area contributed by atoms with Crippen molar-refractivity contribution >= 4 is 5.82 Å². The maximum atomic E-state index is 5.77. The Bertz CT molecular complexity index is 402. The predicted octanol–water partition coefficient (Wildman–Crippen LogP) is 3.97. The molecule has 3 nitrogen and oxygen atoms in total. The summed E-state index contributed by atoms with van der Waals surface area (Å²) in [5.41, 5.74) is 2.57. The van der Waals surface area contributed by atoms with Crippen molar-refractivity contribution in [2.45, 2.75) is 64.9 Å². The number of pyridine rings is 1. The van der Waals surface area contributed by atoms with Crippen molar-refractivity contribution in [3.05, 3.63) is 23.4 Å². The number of nitrogens with zero attached hydrogens (tertiary/aromatic N) is 1. The minimum Gasteiger partial charge on any atom is -0.378 e. The average molecular weight is 276 g/mol. The highest BCUT2D eigenvalue weighted by Crippen LogP contribution is 2.22. The molecule has 0 unspecified atom stereocenters. The molecule has 0 radical (unpaired) electrons. The van der Waals surface area contributed by atoms with E-state index in [1.165, 1.54) is 43.4 Å². The first-order chi connectivity index (χ1) is 9.92. The predicted molar refractivity (Wildman–Crippen MR) is 84.3 cm³/mol. The average Bonchev–Trinajstić information content (AvgIpc) is 2.47. The van der Waals surface area contributed by atoms with E-state index < -0.39 is 0 Å². The molecule has 3 rings (SSSR count). The van der Waals surface area contributed by atoms with E-state index in [-0.39, 0.29) is 0 Å². The largest absolute Gasteiger partial charge is 0.378 e. The summed E-state index contributed by atoms with van der Waals surface area (Å²) >= 11 is 0. The fraction of sp³-hybridized carbons (Fsp3) is 0.706. The first-order valence-electron chi connectivity index (χ1n) is 8.26. The molecule has 0 aromatic carbocycles. The number of anilines is 1. The summed E-state index contributed by atoms with van der Waals surface area (Å²) in [7, 11) is 0. The number of ether oxygens (including phenoxy) is 1. The fourth-order valence-corrected chi connectivity index (χ4v) is 2.55. The van der Waals surface area contributed by atoms with Crippen LogP contribution >= 0.6 is 0 Å². The second-order valence-corrected chi connectivity index (χ2v) is 5.37. The normalized spacial score (nSPS) is 17.3. The van der Waals surface area contributed by atoms with Gasteiger partial charge in [0, 0.05) is 18.8 Å². The van der Waals surface area contributed by atoms with Gasteiger partial charge in [-0.2, -0.15) is 0 Å². The summed E-state index contributed by atoms with van der Waals surface area (Å²) in [4.78, 5) is 4.70. The summed E-state index contributed by atoms with van der Waals surface area (Å²) in [5.74, 6) is 1.11. The molecule has 3 heteroatoms. The molecular weight excluding hydrogens is 248 g/mol. The zero-order valence-corrected chi connectivity index (χ0v) is 13.0. The maximum Gasteiger partial charge on any atom is 0.129 e. The van der Waals surface area contributed by atoms with E-state index in [0.29, 0.717) is 6.10 Å². The van der Waals surface area contributed by atoms with Crippen LogP contribution in [0.3, 0.4) is 0 Å². The van der Waals surface area contributed by atoms with E-state index in [4.69, 9.17) is 9.72 Å². The van der Waals surface area contributed by atoms with E-state index >= 15 is 0 Å². The van der Waals surface area contributed by atoms with Crippen molar-refractivity contribution in [1.29, 1.82) is 0 Å². The molecule has 1 fully saturated rings. The Kier molecular flexibility index (Phi) is 6.31. The van der Waals surface area contributed by atoms with Gasteiger partial charge in [0.05, 0.1) is 6.10 Å². The third kappa shape index (κ3) is 4.20. The molecular formula is C17H28N2O. The first-order valence-corrected chi connectivity index (χ1v) is 8.26. The zero-order valence-electron chi connectivity index (χ0n) is 13.0. The second kappa shape index (κ2) is 8.25. The number of rotatable bonds is 5. The molecule has 1 N–H and O–H groups in total. The minimum absolute atomic E-state index is 0.558. The van der Waals surface area contributed by atoms with Crippen LogP contribution in [-0.2, 0) is 17.6 Å². The molecule has 1 aromatic rings. The Morgan fingerprint density at radius 2 is 2.10 bits per heavy atom. The smallest absolute Gasteiger partial charge is 0.129 e. The van der Waals surface area contributed by atoms with Crippen LogP contribution in [0.15, 0.2) is 12.1 Å². The molecule has 2 heterocycles. The highest BCUT2D eigenvalue weighted by Gasteiger charge is 2.17. The molecule has 20 heavy (non-hydrogen) atoms. The standard InChI is InChI=1S/C15H22N2O.C2H6/c1-6-14(7-1)18-11-3-5-13-9-8-12-4-2-10-16-15(12)17-13;1-2/h8-9,14H,1-7,10-11H2,(H,16,17);1-2H3. The number of aromatic nitrogens is 1. The van der Waals surface area contributed by atoms with Crippen LogP contribution in [0.25, 0.3) is 0 Å². The van der Waals surface area contributed by atoms with E-state index in [2.05, 4.69) is 17.4 Å². The van der Waals surface area contributed by atoms with Crippen LogP contribution in [-0.4, -0.2) is 24.2 Å². The molecule has 1 aliphatic carbocycles. The zero-order chi connectivity index (χ0) is 14.2. The summed E-state index contributed by atoms with van der Waals surface area (Å²) in [5, 5.41) is 3.39. The van der Waals surface area contributed by atoms with Gasteiger partial charge in [-0.3, -0.25) is 0 Å². The van der Waals surface area contributed by atoms with Gasteiger partial charge in [0.1, 0.15) is 5.82 Å². The quantitative estimate of drug-likeness (QED) is 0.826. The van der Waals surface area contributed by atoms with Crippen molar-refractivity contribution in [2.24, 2.45) is 0 Å². The summed E-state index contributed by atoms with van der Waals surface area (Å²) in [6.45, 7) is 5.95. The maximum absolute atomic E-state index is 5.77. The molecule has 0 atom stereocenters. The number of hydrogen-bond acceptors (Lipinski definition) is 3. The van der Waals surface area contributed by atoms with Crippen molar-refractivity contribution < 1.29 is 4.74 Å². The molecule has 0 amide bonds. The van der Waals surface area contributed by atoms with E-state index in [0.717, 1.165) is 31.8 Å². The van der Waals surface area contributed by atoms with Crippen LogP contribution < -0.4 is 5.32 Å². The molecule has 0 saturated heterocycles. The van der Waals surface area contributed by atoms with Crippen LogP contribution in [0.5, 0.6) is 0 Å². The summed E-state index contributed by atoms with van der Waals surface area (Å²) < 4.78 is 5.77. The van der Waals surface area contributed by atoms with Crippen LogP contribution in [0.1, 0.15) is 57.2 Å². The number of hydrogen-bond donors (Lipinski definition) is 1. The topological polar surface area (TPSA) is 34.1 Å². The Balaban J connectivity index is 0.000000704. The Labute approximate surface area is 123 Å². The van der Waals surface area contributed by atoms with Crippen LogP contribution in [0.2, 0.25) is 0 Å². The lowest BCUT2D eigenvalue weighted by Gasteiger charge is -2.25. The molecule has 1 aromatic heterocycles. The van der Waals surface area contributed by atoms with Crippen molar-refractivity contribution in [3.8, 4) is 0 Å². The number of fused-ring (bicyclic) bond motifs is 1. The second-order valence-electron chi connectivity index (χ2n) is 5.37. The van der Waals surface area contributed by atoms with Gasteiger partial charge in [-0.15, -0.1) is 0 Å². The van der Waals surface area contributed by atoms with Crippen molar-refractivity contribution in [1.82, 2.24) is 4.98 Å². The minimum atomic E-state index is 0.558. The van der Waals surface area contributed by atoms with Gasteiger partial charge in [0.15, 0.2) is 0 Å². The molecule has 2 aliphatic rings. The lowest BCUT2D eigenvalue weighted by molar-refractivity contribution is 0.00140. The molecule has 0 spiro atoms. The molecule has 112 valence electrons. The molecule has 1 saturated carbocycles. The van der Waals surface area contributed by atoms with Gasteiger partial charge in [-0.1, -0.05) is 19.9 Å². The SMILES string of the molecule is CC.c1cc2c(nc1CCCOC1CCC1)NCCC2. The van der Waals surface area contributed by atoms with Crippen molar-refractivity contribution in [3.63, 3.8) is 0 Å². The van der Waals surface area contributed by atoms with Gasteiger partial charge in [-0.25, -0.2) is 4.98 Å². The van der Waals surface area contributed by atoms with Gasteiger partial charge < -0.3 is 10.1 Å². The highest BCUT2D eigenvalue weighted by molar-refractivity contribution is 5.46. The van der Waals surface area contributed by atoms with Gasteiger partial charge in [-0.05, 0) is 56.6 Å². The monoisotopic (exact) mass is 276 g/mol. The lowest BCUT2D eigenvalue weighted by atomic mass is 9.96. The first kappa shape index (κ1) is 15.3.